The number of hydrogen-bond acceptors (Lipinski definition) is 4. The zero-order valence-electron chi connectivity index (χ0n) is 11.8. The van der Waals surface area contributed by atoms with Crippen LogP contribution in [0.1, 0.15) is 17.0 Å². The third kappa shape index (κ3) is 2.75. The van der Waals surface area contributed by atoms with E-state index in [0.29, 0.717) is 19.5 Å². The summed E-state index contributed by atoms with van der Waals surface area (Å²) in [7, 11) is 1.75. The first-order valence-electron chi connectivity index (χ1n) is 6.91. The van der Waals surface area contributed by atoms with Gasteiger partial charge < -0.3 is 15.0 Å². The molecular formula is C15H18N4O2. The fourth-order valence-electron chi connectivity index (χ4n) is 2.59. The minimum atomic E-state index is -0.267. The van der Waals surface area contributed by atoms with Gasteiger partial charge >= 0.3 is 0 Å². The fourth-order valence-corrected chi connectivity index (χ4v) is 2.59. The molecule has 1 atom stereocenters. The lowest BCUT2D eigenvalue weighted by molar-refractivity contribution is -0.132. The van der Waals surface area contributed by atoms with Gasteiger partial charge in [-0.3, -0.25) is 10.1 Å². The first-order chi connectivity index (χ1) is 10.1. The number of imidazole rings is 1. The number of benzene rings is 1. The van der Waals surface area contributed by atoms with Crippen molar-refractivity contribution in [2.75, 3.05) is 7.05 Å². The predicted molar refractivity (Wildman–Crippen MR) is 77.5 cm³/mol. The number of nitrogens with zero attached hydrogens (tertiary/aromatic N) is 2. The molecule has 0 radical (unpaired) electrons. The van der Waals surface area contributed by atoms with Crippen LogP contribution in [0.4, 0.5) is 0 Å². The number of likely N-dealkylation sites (N-methyl/N-ethyl adjacent to an activating group) is 1. The third-order valence-electron chi connectivity index (χ3n) is 3.80. The molecule has 1 aliphatic rings. The molecule has 1 amide bonds. The molecule has 110 valence electrons. The molecule has 0 spiro atoms. The minimum absolute atomic E-state index is 0.00639. The zero-order chi connectivity index (χ0) is 14.8. The number of para-hydroxylation sites is 1. The van der Waals surface area contributed by atoms with Crippen molar-refractivity contribution in [1.82, 2.24) is 20.2 Å². The number of phenols is 1. The van der Waals surface area contributed by atoms with Crippen LogP contribution >= 0.6 is 0 Å². The number of carbonyl (C=O) groups excluding carboxylic acids is 1. The van der Waals surface area contributed by atoms with Gasteiger partial charge in [0.05, 0.1) is 23.8 Å². The highest BCUT2D eigenvalue weighted by atomic mass is 16.3. The Kier molecular flexibility index (Phi) is 3.62. The fraction of sp³-hybridized carbons (Fsp3) is 0.333. The minimum Gasteiger partial charge on any atom is -0.508 e. The van der Waals surface area contributed by atoms with Crippen molar-refractivity contribution < 1.29 is 9.90 Å². The van der Waals surface area contributed by atoms with Crippen molar-refractivity contribution in [3.63, 3.8) is 0 Å². The molecule has 1 aromatic carbocycles. The van der Waals surface area contributed by atoms with Crippen molar-refractivity contribution in [2.45, 2.75) is 25.6 Å². The first kappa shape index (κ1) is 13.6. The molecule has 1 unspecified atom stereocenters. The maximum Gasteiger partial charge on any atom is 0.240 e. The van der Waals surface area contributed by atoms with Crippen LogP contribution in [0.15, 0.2) is 30.6 Å². The van der Waals surface area contributed by atoms with Gasteiger partial charge in [0.2, 0.25) is 5.91 Å². The van der Waals surface area contributed by atoms with Crippen LogP contribution in [0.25, 0.3) is 0 Å². The summed E-state index contributed by atoms with van der Waals surface area (Å²) in [5, 5.41) is 13.0. The van der Waals surface area contributed by atoms with Crippen LogP contribution in [0, 0.1) is 0 Å². The molecule has 0 bridgehead atoms. The third-order valence-corrected chi connectivity index (χ3v) is 3.80. The van der Waals surface area contributed by atoms with Crippen molar-refractivity contribution >= 4 is 5.91 Å². The number of amides is 1. The smallest absolute Gasteiger partial charge is 0.240 e. The van der Waals surface area contributed by atoms with E-state index in [-0.39, 0.29) is 17.7 Å². The van der Waals surface area contributed by atoms with Crippen LogP contribution in [0.2, 0.25) is 0 Å². The molecule has 6 nitrogen and oxygen atoms in total. The van der Waals surface area contributed by atoms with Gasteiger partial charge in [-0.15, -0.1) is 0 Å². The molecule has 21 heavy (non-hydrogen) atoms. The van der Waals surface area contributed by atoms with Crippen molar-refractivity contribution in [3.8, 4) is 5.75 Å². The summed E-state index contributed by atoms with van der Waals surface area (Å²) in [5.74, 6) is 0.218. The number of carbonyl (C=O) groups is 1. The maximum absolute atomic E-state index is 12.5. The summed E-state index contributed by atoms with van der Waals surface area (Å²) in [6.07, 6.45) is 2.24. The van der Waals surface area contributed by atoms with Gasteiger partial charge in [0.1, 0.15) is 5.75 Å². The summed E-state index contributed by atoms with van der Waals surface area (Å²) in [6.45, 7) is 1.01. The van der Waals surface area contributed by atoms with Gasteiger partial charge in [-0.05, 0) is 6.07 Å². The van der Waals surface area contributed by atoms with E-state index in [2.05, 4.69) is 15.3 Å². The zero-order valence-corrected chi connectivity index (χ0v) is 11.8. The molecule has 1 aliphatic heterocycles. The molecule has 0 fully saturated rings. The van der Waals surface area contributed by atoms with Crippen LogP contribution in [-0.4, -0.2) is 39.0 Å². The van der Waals surface area contributed by atoms with E-state index in [4.69, 9.17) is 0 Å². The standard InChI is InChI=1S/C15H18N4O2/c1-19(8-10-4-2-3-5-14(10)20)15(21)12-6-11-13(7-16-12)18-9-17-11/h2-5,9,12,16,20H,6-8H2,1H3,(H,17,18). The van der Waals surface area contributed by atoms with E-state index in [1.807, 2.05) is 12.1 Å². The number of aromatic amines is 1. The molecule has 2 heterocycles. The quantitative estimate of drug-likeness (QED) is 0.779. The van der Waals surface area contributed by atoms with Gasteiger partial charge in [0.25, 0.3) is 0 Å². The summed E-state index contributed by atoms with van der Waals surface area (Å²) in [5.41, 5.74) is 2.73. The maximum atomic E-state index is 12.5. The van der Waals surface area contributed by atoms with Crippen LogP contribution in [0.5, 0.6) is 5.75 Å². The van der Waals surface area contributed by atoms with Gasteiger partial charge in [-0.25, -0.2) is 4.98 Å². The van der Waals surface area contributed by atoms with Gasteiger partial charge in [0.15, 0.2) is 0 Å². The van der Waals surface area contributed by atoms with E-state index < -0.39 is 0 Å². The number of rotatable bonds is 3. The second-order valence-corrected chi connectivity index (χ2v) is 5.29. The Hall–Kier alpha value is -2.34. The number of fused-ring (bicyclic) bond motifs is 1. The van der Waals surface area contributed by atoms with Crippen molar-refractivity contribution in [3.05, 3.63) is 47.5 Å². The number of nitrogens with one attached hydrogen (secondary N) is 2. The van der Waals surface area contributed by atoms with Gasteiger partial charge in [-0.1, -0.05) is 18.2 Å². The molecule has 3 rings (SSSR count). The monoisotopic (exact) mass is 286 g/mol. The van der Waals surface area contributed by atoms with E-state index in [1.165, 1.54) is 0 Å². The normalized spacial score (nSPS) is 17.3. The Morgan fingerprint density at radius 2 is 2.29 bits per heavy atom. The Morgan fingerprint density at radius 3 is 3.10 bits per heavy atom. The first-order valence-corrected chi connectivity index (χ1v) is 6.91. The lowest BCUT2D eigenvalue weighted by Gasteiger charge is -2.27. The van der Waals surface area contributed by atoms with Crippen LogP contribution in [0.3, 0.4) is 0 Å². The van der Waals surface area contributed by atoms with Gasteiger partial charge in [0, 0.05) is 32.1 Å². The second-order valence-electron chi connectivity index (χ2n) is 5.29. The van der Waals surface area contributed by atoms with E-state index >= 15 is 0 Å². The number of hydrogen-bond donors (Lipinski definition) is 3. The Bertz CT molecular complexity index is 653. The van der Waals surface area contributed by atoms with Crippen molar-refractivity contribution in [1.29, 1.82) is 0 Å². The Morgan fingerprint density at radius 1 is 1.48 bits per heavy atom. The summed E-state index contributed by atoms with van der Waals surface area (Å²) in [4.78, 5) is 21.4. The average Bonchev–Trinajstić information content (AvgIpc) is 2.96. The lowest BCUT2D eigenvalue weighted by Crippen LogP contribution is -2.48. The second kappa shape index (κ2) is 5.57. The predicted octanol–water partition coefficient (Wildman–Crippen LogP) is 0.788. The Labute approximate surface area is 122 Å². The molecule has 6 heteroatoms. The highest BCUT2D eigenvalue weighted by Crippen LogP contribution is 2.19. The highest BCUT2D eigenvalue weighted by molar-refractivity contribution is 5.82. The SMILES string of the molecule is CN(Cc1ccccc1O)C(=O)C1Cc2nc[nH]c2CN1. The van der Waals surface area contributed by atoms with Gasteiger partial charge in [-0.2, -0.15) is 0 Å². The Balaban J connectivity index is 1.67. The summed E-state index contributed by atoms with van der Waals surface area (Å²) in [6, 6.07) is 6.79. The summed E-state index contributed by atoms with van der Waals surface area (Å²) >= 11 is 0. The van der Waals surface area contributed by atoms with E-state index in [9.17, 15) is 9.90 Å². The molecule has 0 saturated carbocycles. The molecule has 3 N–H and O–H groups in total. The molecule has 0 saturated heterocycles. The highest BCUT2D eigenvalue weighted by Gasteiger charge is 2.28. The summed E-state index contributed by atoms with van der Waals surface area (Å²) < 4.78 is 0. The number of phenolic OH excluding ortho intramolecular Hbond substituents is 1. The lowest BCUT2D eigenvalue weighted by atomic mass is 10.0. The topological polar surface area (TPSA) is 81.2 Å². The molecular weight excluding hydrogens is 268 g/mol. The number of H-pyrrole nitrogens is 1. The molecule has 1 aromatic heterocycles. The van der Waals surface area contributed by atoms with Crippen molar-refractivity contribution in [2.24, 2.45) is 0 Å². The largest absolute Gasteiger partial charge is 0.508 e. The van der Waals surface area contributed by atoms with Crippen LogP contribution in [-0.2, 0) is 24.3 Å². The van der Waals surface area contributed by atoms with E-state index in [1.54, 1.807) is 30.4 Å². The number of aromatic nitrogens is 2. The molecule has 0 aliphatic carbocycles. The average molecular weight is 286 g/mol. The van der Waals surface area contributed by atoms with Crippen LogP contribution < -0.4 is 5.32 Å². The molecule has 2 aromatic rings. The van der Waals surface area contributed by atoms with E-state index in [0.717, 1.165) is 17.0 Å². The number of aromatic hydroxyl groups is 1.